The topological polar surface area (TPSA) is 65.5 Å². The van der Waals surface area contributed by atoms with Crippen LogP contribution in [0.15, 0.2) is 41.5 Å². The van der Waals surface area contributed by atoms with Crippen molar-refractivity contribution in [3.63, 3.8) is 0 Å². The lowest BCUT2D eigenvalue weighted by Crippen LogP contribution is -2.40. The second-order valence-electron chi connectivity index (χ2n) is 8.10. The number of para-hydroxylation sites is 1. The fraction of sp³-hybridized carbons (Fsp3) is 0.381. The Kier molecular flexibility index (Phi) is 2.63. The van der Waals surface area contributed by atoms with Gasteiger partial charge in [-0.25, -0.2) is 0 Å². The molecule has 1 N–H and O–H groups in total. The zero-order chi connectivity index (χ0) is 17.6. The van der Waals surface area contributed by atoms with E-state index in [1.165, 1.54) is 6.42 Å². The van der Waals surface area contributed by atoms with Crippen LogP contribution in [0.5, 0.6) is 0 Å². The first-order chi connectivity index (χ1) is 12.6. The highest BCUT2D eigenvalue weighted by Crippen LogP contribution is 2.65. The van der Waals surface area contributed by atoms with Crippen LogP contribution in [0.2, 0.25) is 0 Å². The molecule has 0 unspecified atom stereocenters. The van der Waals surface area contributed by atoms with Crippen LogP contribution in [0.25, 0.3) is 10.9 Å². The number of allylic oxidation sites excluding steroid dienone is 2. The Hall–Kier alpha value is -2.69. The van der Waals surface area contributed by atoms with Gasteiger partial charge in [-0.3, -0.25) is 9.59 Å². The number of aromatic nitrogens is 1. The number of H-pyrrole nitrogens is 1. The minimum Gasteiger partial charge on any atom is -0.358 e. The van der Waals surface area contributed by atoms with Crippen molar-refractivity contribution in [1.29, 1.82) is 0 Å². The van der Waals surface area contributed by atoms with E-state index < -0.39 is 0 Å². The van der Waals surface area contributed by atoms with Crippen molar-refractivity contribution in [2.24, 2.45) is 40.6 Å². The first-order valence-corrected chi connectivity index (χ1v) is 9.32. The number of hydrazone groups is 1. The molecule has 2 aromatic rings. The van der Waals surface area contributed by atoms with Crippen LogP contribution >= 0.6 is 0 Å². The summed E-state index contributed by atoms with van der Waals surface area (Å²) in [5.74, 6) is 1.09. The quantitative estimate of drug-likeness (QED) is 0.517. The molecule has 130 valence electrons. The molecule has 7 rings (SSSR count). The number of nitrogens with zero attached hydrogens (tertiary/aromatic N) is 2. The number of benzene rings is 1. The molecule has 0 radical (unpaired) electrons. The van der Waals surface area contributed by atoms with Crippen LogP contribution in [0.4, 0.5) is 0 Å². The molecule has 1 aromatic carbocycles. The lowest BCUT2D eigenvalue weighted by Gasteiger charge is -2.37. The fourth-order valence-corrected chi connectivity index (χ4v) is 5.64. The van der Waals surface area contributed by atoms with Crippen LogP contribution in [-0.4, -0.2) is 28.0 Å². The Morgan fingerprint density at radius 3 is 2.42 bits per heavy atom. The summed E-state index contributed by atoms with van der Waals surface area (Å²) in [7, 11) is 0. The van der Waals surface area contributed by atoms with Gasteiger partial charge < -0.3 is 4.98 Å². The number of nitrogens with one attached hydrogen (secondary N) is 1. The van der Waals surface area contributed by atoms with Gasteiger partial charge in [0.05, 0.1) is 18.1 Å². The number of aryl methyl sites for hydroxylation is 1. The first kappa shape index (κ1) is 14.5. The van der Waals surface area contributed by atoms with E-state index in [-0.39, 0.29) is 35.5 Å². The summed E-state index contributed by atoms with van der Waals surface area (Å²) in [6, 6.07) is 7.98. The molecular formula is C21H19N3O2. The molecule has 5 aliphatic rings. The summed E-state index contributed by atoms with van der Waals surface area (Å²) < 4.78 is 0. The minimum absolute atomic E-state index is 0.113. The molecular weight excluding hydrogens is 326 g/mol. The molecule has 0 spiro atoms. The lowest BCUT2D eigenvalue weighted by molar-refractivity contribution is -0.140. The van der Waals surface area contributed by atoms with Crippen molar-refractivity contribution in [2.75, 3.05) is 0 Å². The number of fused-ring (bicyclic) bond motifs is 1. The largest absolute Gasteiger partial charge is 0.358 e. The molecule has 2 heterocycles. The van der Waals surface area contributed by atoms with Crippen LogP contribution in [-0.2, 0) is 9.59 Å². The summed E-state index contributed by atoms with van der Waals surface area (Å²) in [5.41, 5.74) is 2.94. The summed E-state index contributed by atoms with van der Waals surface area (Å²) in [6.45, 7) is 1.98. The zero-order valence-corrected chi connectivity index (χ0v) is 14.4. The van der Waals surface area contributed by atoms with E-state index in [0.717, 1.165) is 27.2 Å². The number of rotatable bonds is 2. The van der Waals surface area contributed by atoms with Gasteiger partial charge in [0.25, 0.3) is 11.8 Å². The summed E-state index contributed by atoms with van der Waals surface area (Å²) in [4.78, 5) is 29.2. The Balaban J connectivity index is 1.36. The fourth-order valence-electron chi connectivity index (χ4n) is 5.64. The highest BCUT2D eigenvalue weighted by molar-refractivity contribution is 6.07. The molecule has 6 atom stereocenters. The number of imide groups is 1. The van der Waals surface area contributed by atoms with Gasteiger partial charge >= 0.3 is 0 Å². The van der Waals surface area contributed by atoms with E-state index in [1.807, 2.05) is 31.2 Å². The highest BCUT2D eigenvalue weighted by Gasteiger charge is 2.67. The number of carbonyl (C=O) groups is 2. The Labute approximate surface area is 150 Å². The molecule has 26 heavy (non-hydrogen) atoms. The maximum atomic E-state index is 13.0. The molecule has 2 bridgehead atoms. The molecule has 5 heteroatoms. The van der Waals surface area contributed by atoms with E-state index in [0.29, 0.717) is 11.8 Å². The molecule has 1 saturated heterocycles. The third-order valence-electron chi connectivity index (χ3n) is 6.89. The van der Waals surface area contributed by atoms with E-state index in [2.05, 4.69) is 22.2 Å². The Morgan fingerprint density at radius 1 is 1.08 bits per heavy atom. The molecule has 4 aliphatic carbocycles. The second-order valence-corrected chi connectivity index (χ2v) is 8.10. The lowest BCUT2D eigenvalue weighted by atomic mass is 9.63. The normalized spacial score (nSPS) is 37.0. The van der Waals surface area contributed by atoms with E-state index >= 15 is 0 Å². The van der Waals surface area contributed by atoms with E-state index in [4.69, 9.17) is 0 Å². The molecule has 3 fully saturated rings. The van der Waals surface area contributed by atoms with Gasteiger partial charge in [-0.2, -0.15) is 10.1 Å². The Morgan fingerprint density at radius 2 is 1.73 bits per heavy atom. The maximum absolute atomic E-state index is 13.0. The number of amides is 2. The Bertz CT molecular complexity index is 997. The highest BCUT2D eigenvalue weighted by atomic mass is 16.2. The van der Waals surface area contributed by atoms with Crippen LogP contribution in [0, 0.1) is 42.4 Å². The maximum Gasteiger partial charge on any atom is 0.254 e. The molecule has 1 aromatic heterocycles. The SMILES string of the molecule is Cc1[nH]c2ccccc2c1C=NN1C(=O)[C@@H]2[C@H]3C=C[C@@H]([C@@H]4C[C@H]34)[C@@H]2C1=O. The van der Waals surface area contributed by atoms with Gasteiger partial charge in [0.1, 0.15) is 0 Å². The van der Waals surface area contributed by atoms with E-state index in [9.17, 15) is 9.59 Å². The second kappa shape index (κ2) is 4.72. The van der Waals surface area contributed by atoms with Crippen molar-refractivity contribution in [3.05, 3.63) is 47.7 Å². The predicted molar refractivity (Wildman–Crippen MR) is 97.2 cm³/mol. The molecule has 5 nitrogen and oxygen atoms in total. The zero-order valence-electron chi connectivity index (χ0n) is 14.4. The van der Waals surface area contributed by atoms with Crippen LogP contribution < -0.4 is 0 Å². The summed E-state index contributed by atoms with van der Waals surface area (Å²) >= 11 is 0. The average molecular weight is 345 g/mol. The number of hydrogen-bond donors (Lipinski definition) is 1. The smallest absolute Gasteiger partial charge is 0.254 e. The standard InChI is InChI=1S/C21H19N3O2/c1-10-16(11-4-2-3-5-17(11)23-10)9-22-24-20(25)18-12-6-7-13(15-8-14(12)15)19(18)21(24)26/h2-7,9,12-15,18-19,23H,8H2,1H3/t12-,13-,14-,15+,18-,19+/m0/s1. The van der Waals surface area contributed by atoms with Gasteiger partial charge in [-0.15, -0.1) is 0 Å². The third kappa shape index (κ3) is 1.68. The van der Waals surface area contributed by atoms with Gasteiger partial charge in [0.15, 0.2) is 0 Å². The van der Waals surface area contributed by atoms with Crippen molar-refractivity contribution < 1.29 is 9.59 Å². The summed E-state index contributed by atoms with van der Waals surface area (Å²) in [5, 5.41) is 6.56. The molecule has 1 aliphatic heterocycles. The van der Waals surface area contributed by atoms with Crippen molar-refractivity contribution in [3.8, 4) is 0 Å². The number of aromatic amines is 1. The van der Waals surface area contributed by atoms with Crippen molar-refractivity contribution >= 4 is 28.9 Å². The predicted octanol–water partition coefficient (Wildman–Crippen LogP) is 2.86. The minimum atomic E-state index is -0.192. The van der Waals surface area contributed by atoms with E-state index in [1.54, 1.807) is 6.21 Å². The summed E-state index contributed by atoms with van der Waals surface area (Å²) in [6.07, 6.45) is 7.20. The van der Waals surface area contributed by atoms with Gasteiger partial charge in [-0.05, 0) is 43.1 Å². The first-order valence-electron chi connectivity index (χ1n) is 9.32. The number of hydrogen-bond acceptors (Lipinski definition) is 3. The van der Waals surface area contributed by atoms with Crippen molar-refractivity contribution in [2.45, 2.75) is 13.3 Å². The molecule has 2 amide bonds. The van der Waals surface area contributed by atoms with Gasteiger partial charge in [-0.1, -0.05) is 30.4 Å². The van der Waals surface area contributed by atoms with Gasteiger partial charge in [0, 0.05) is 22.2 Å². The number of carbonyl (C=O) groups excluding carboxylic acids is 2. The van der Waals surface area contributed by atoms with Crippen molar-refractivity contribution in [1.82, 2.24) is 9.99 Å². The van der Waals surface area contributed by atoms with Crippen LogP contribution in [0.1, 0.15) is 17.7 Å². The third-order valence-corrected chi connectivity index (χ3v) is 6.89. The average Bonchev–Trinajstić information content (AvgIpc) is 3.36. The van der Waals surface area contributed by atoms with Gasteiger partial charge in [0.2, 0.25) is 0 Å². The van der Waals surface area contributed by atoms with Crippen LogP contribution in [0.3, 0.4) is 0 Å². The molecule has 2 saturated carbocycles. The monoisotopic (exact) mass is 345 g/mol.